The molecule has 146 valence electrons. The standard InChI is InChI=1S/C22H36N2O2/c25-19-13-17-7-11-21(15-19,23-17)9-5-3-1-2-4-6-10-22-12-8-18(24-22)14-20(26)16-22/h17-18,23-24H,1-16H2. The summed E-state index contributed by atoms with van der Waals surface area (Å²) in [4.78, 5) is 23.7. The molecular weight excluding hydrogens is 324 g/mol. The Labute approximate surface area is 158 Å². The molecule has 4 atom stereocenters. The second-order valence-corrected chi connectivity index (χ2v) is 9.78. The van der Waals surface area contributed by atoms with Crippen LogP contribution in [0.1, 0.15) is 103 Å². The Kier molecular flexibility index (Phi) is 5.52. The number of rotatable bonds is 9. The molecule has 4 heteroatoms. The van der Waals surface area contributed by atoms with Crippen molar-refractivity contribution in [3.8, 4) is 0 Å². The van der Waals surface area contributed by atoms with Crippen molar-refractivity contribution >= 4 is 11.6 Å². The topological polar surface area (TPSA) is 58.2 Å². The van der Waals surface area contributed by atoms with E-state index in [-0.39, 0.29) is 11.1 Å². The molecule has 0 aromatic carbocycles. The van der Waals surface area contributed by atoms with Gasteiger partial charge >= 0.3 is 0 Å². The molecule has 2 N–H and O–H groups in total. The van der Waals surface area contributed by atoms with Gasteiger partial charge in [0.05, 0.1) is 0 Å². The van der Waals surface area contributed by atoms with Gasteiger partial charge in [0.1, 0.15) is 11.6 Å². The van der Waals surface area contributed by atoms with Crippen molar-refractivity contribution in [3.63, 3.8) is 0 Å². The van der Waals surface area contributed by atoms with Gasteiger partial charge in [-0.05, 0) is 38.5 Å². The van der Waals surface area contributed by atoms with Gasteiger partial charge in [-0.3, -0.25) is 9.59 Å². The van der Waals surface area contributed by atoms with Crippen molar-refractivity contribution in [2.45, 2.75) is 126 Å². The second kappa shape index (κ2) is 7.71. The molecule has 0 aromatic heterocycles. The van der Waals surface area contributed by atoms with Crippen molar-refractivity contribution in [1.82, 2.24) is 10.6 Å². The number of fused-ring (bicyclic) bond motifs is 4. The maximum Gasteiger partial charge on any atom is 0.136 e. The molecule has 4 saturated heterocycles. The zero-order chi connectivity index (χ0) is 18.0. The third kappa shape index (κ3) is 4.22. The van der Waals surface area contributed by atoms with E-state index in [0.717, 1.165) is 25.7 Å². The highest BCUT2D eigenvalue weighted by Gasteiger charge is 2.44. The molecular formula is C22H36N2O2. The monoisotopic (exact) mass is 360 g/mol. The third-order valence-corrected chi connectivity index (χ3v) is 7.54. The first-order valence-corrected chi connectivity index (χ1v) is 11.2. The molecule has 0 amide bonds. The predicted octanol–water partition coefficient (Wildman–Crippen LogP) is 3.81. The average molecular weight is 361 g/mol. The lowest BCUT2D eigenvalue weighted by Crippen LogP contribution is -2.49. The van der Waals surface area contributed by atoms with E-state index in [4.69, 9.17) is 0 Å². The summed E-state index contributed by atoms with van der Waals surface area (Å²) >= 11 is 0. The van der Waals surface area contributed by atoms with Crippen LogP contribution in [0.25, 0.3) is 0 Å². The minimum Gasteiger partial charge on any atom is -0.308 e. The largest absolute Gasteiger partial charge is 0.308 e. The van der Waals surface area contributed by atoms with Crippen LogP contribution in [0.15, 0.2) is 0 Å². The predicted molar refractivity (Wildman–Crippen MR) is 103 cm³/mol. The lowest BCUT2D eigenvalue weighted by atomic mass is 9.84. The van der Waals surface area contributed by atoms with Gasteiger partial charge in [0.2, 0.25) is 0 Å². The van der Waals surface area contributed by atoms with Crippen LogP contribution in [0, 0.1) is 0 Å². The van der Waals surface area contributed by atoms with Gasteiger partial charge in [-0.15, -0.1) is 0 Å². The Morgan fingerprint density at radius 3 is 1.58 bits per heavy atom. The summed E-state index contributed by atoms with van der Waals surface area (Å²) in [7, 11) is 0. The van der Waals surface area contributed by atoms with Crippen LogP contribution in [0.2, 0.25) is 0 Å². The average Bonchev–Trinajstić information content (AvgIpc) is 3.06. The summed E-state index contributed by atoms with van der Waals surface area (Å²) in [5, 5.41) is 7.49. The zero-order valence-corrected chi connectivity index (χ0v) is 16.3. The van der Waals surface area contributed by atoms with Gasteiger partial charge in [-0.2, -0.15) is 0 Å². The molecule has 4 heterocycles. The maximum atomic E-state index is 11.9. The van der Waals surface area contributed by atoms with Crippen LogP contribution < -0.4 is 10.6 Å². The summed E-state index contributed by atoms with van der Waals surface area (Å²) in [6.07, 6.45) is 18.0. The lowest BCUT2D eigenvalue weighted by Gasteiger charge is -2.34. The molecule has 4 rings (SSSR count). The van der Waals surface area contributed by atoms with Crippen LogP contribution in [-0.2, 0) is 9.59 Å². The Morgan fingerprint density at radius 1 is 0.692 bits per heavy atom. The van der Waals surface area contributed by atoms with Gasteiger partial charge in [0.15, 0.2) is 0 Å². The van der Waals surface area contributed by atoms with Crippen molar-refractivity contribution in [2.24, 2.45) is 0 Å². The van der Waals surface area contributed by atoms with Crippen molar-refractivity contribution in [1.29, 1.82) is 0 Å². The van der Waals surface area contributed by atoms with Gasteiger partial charge in [-0.1, -0.05) is 38.5 Å². The van der Waals surface area contributed by atoms with Gasteiger partial charge in [0.25, 0.3) is 0 Å². The van der Waals surface area contributed by atoms with Crippen LogP contribution in [0.5, 0.6) is 0 Å². The first kappa shape index (κ1) is 18.6. The van der Waals surface area contributed by atoms with E-state index < -0.39 is 0 Å². The van der Waals surface area contributed by atoms with Crippen LogP contribution in [-0.4, -0.2) is 34.7 Å². The quantitative estimate of drug-likeness (QED) is 0.614. The molecule has 0 aliphatic carbocycles. The molecule has 0 aromatic rings. The van der Waals surface area contributed by atoms with Crippen molar-refractivity contribution < 1.29 is 9.59 Å². The van der Waals surface area contributed by atoms with Crippen LogP contribution in [0.4, 0.5) is 0 Å². The highest BCUT2D eigenvalue weighted by atomic mass is 16.1. The molecule has 0 radical (unpaired) electrons. The number of nitrogens with one attached hydrogen (secondary N) is 2. The summed E-state index contributed by atoms with van der Waals surface area (Å²) in [6, 6.07) is 0.956. The minimum absolute atomic E-state index is 0.164. The summed E-state index contributed by atoms with van der Waals surface area (Å²) in [6.45, 7) is 0. The molecule has 4 aliphatic rings. The number of carbonyl (C=O) groups excluding carboxylic acids is 2. The molecule has 0 spiro atoms. The third-order valence-electron chi connectivity index (χ3n) is 7.54. The number of ketones is 2. The Balaban J connectivity index is 1.07. The van der Waals surface area contributed by atoms with Crippen molar-refractivity contribution in [2.75, 3.05) is 0 Å². The van der Waals surface area contributed by atoms with E-state index in [1.165, 1.54) is 77.0 Å². The SMILES string of the molecule is O=C1CC2CCC(CCCCCCCCC34CCC(CC(=O)C3)N4)(C1)N2. The molecule has 4 unspecified atom stereocenters. The number of Topliss-reactive ketones (excluding diaryl/α,β-unsaturated/α-hetero) is 2. The van der Waals surface area contributed by atoms with Gasteiger partial charge in [0, 0.05) is 48.8 Å². The fourth-order valence-electron chi connectivity index (χ4n) is 6.29. The fourth-order valence-corrected chi connectivity index (χ4v) is 6.29. The number of carbonyl (C=O) groups is 2. The molecule has 4 aliphatic heterocycles. The highest BCUT2D eigenvalue weighted by Crippen LogP contribution is 2.38. The summed E-state index contributed by atoms with van der Waals surface area (Å²) in [5.41, 5.74) is 0.328. The fraction of sp³-hybridized carbons (Fsp3) is 0.909. The van der Waals surface area contributed by atoms with E-state index in [2.05, 4.69) is 10.6 Å². The Hall–Kier alpha value is -0.740. The summed E-state index contributed by atoms with van der Waals surface area (Å²) < 4.78 is 0. The lowest BCUT2D eigenvalue weighted by molar-refractivity contribution is -0.123. The second-order valence-electron chi connectivity index (χ2n) is 9.78. The first-order valence-electron chi connectivity index (χ1n) is 11.2. The van der Waals surface area contributed by atoms with E-state index in [1.54, 1.807) is 0 Å². The molecule has 26 heavy (non-hydrogen) atoms. The maximum absolute atomic E-state index is 11.9. The van der Waals surface area contributed by atoms with E-state index in [9.17, 15) is 9.59 Å². The Bertz CT molecular complexity index is 500. The van der Waals surface area contributed by atoms with Gasteiger partial charge in [-0.25, -0.2) is 0 Å². The van der Waals surface area contributed by atoms with Crippen LogP contribution in [0.3, 0.4) is 0 Å². The number of piperidine rings is 2. The number of hydrogen-bond donors (Lipinski definition) is 2. The number of hydrogen-bond acceptors (Lipinski definition) is 4. The van der Waals surface area contributed by atoms with Gasteiger partial charge < -0.3 is 10.6 Å². The number of unbranched alkanes of at least 4 members (excludes halogenated alkanes) is 5. The first-order chi connectivity index (χ1) is 12.6. The van der Waals surface area contributed by atoms with Crippen molar-refractivity contribution in [3.05, 3.63) is 0 Å². The molecule has 4 nitrogen and oxygen atoms in total. The van der Waals surface area contributed by atoms with E-state index in [1.807, 2.05) is 0 Å². The Morgan fingerprint density at radius 2 is 1.12 bits per heavy atom. The minimum atomic E-state index is 0.164. The smallest absolute Gasteiger partial charge is 0.136 e. The van der Waals surface area contributed by atoms with E-state index in [0.29, 0.717) is 23.7 Å². The summed E-state index contributed by atoms with van der Waals surface area (Å²) in [5.74, 6) is 0.962. The molecule has 0 saturated carbocycles. The highest BCUT2D eigenvalue weighted by molar-refractivity contribution is 5.82. The van der Waals surface area contributed by atoms with E-state index >= 15 is 0 Å². The molecule has 4 bridgehead atoms. The van der Waals surface area contributed by atoms with Crippen LogP contribution >= 0.6 is 0 Å². The zero-order valence-electron chi connectivity index (χ0n) is 16.3. The molecule has 4 fully saturated rings. The normalized spacial score (nSPS) is 38.9.